The first kappa shape index (κ1) is 15.1. The van der Waals surface area contributed by atoms with E-state index in [1.54, 1.807) is 24.4 Å². The summed E-state index contributed by atoms with van der Waals surface area (Å²) in [5, 5.41) is 3.93. The zero-order valence-corrected chi connectivity index (χ0v) is 12.0. The Morgan fingerprint density at radius 1 is 1.27 bits per heavy atom. The fraction of sp³-hybridized carbons (Fsp3) is 0.438. The maximum atomic E-state index is 12.8. The second-order valence-electron chi connectivity index (χ2n) is 5.93. The summed E-state index contributed by atoms with van der Waals surface area (Å²) in [5.41, 5.74) is 0.447. The highest BCUT2D eigenvalue weighted by Crippen LogP contribution is 2.38. The van der Waals surface area contributed by atoms with Crippen molar-refractivity contribution in [2.75, 3.05) is 13.1 Å². The van der Waals surface area contributed by atoms with Crippen molar-refractivity contribution in [3.8, 4) is 0 Å². The number of halogens is 3. The van der Waals surface area contributed by atoms with E-state index in [1.165, 1.54) is 0 Å². The highest BCUT2D eigenvalue weighted by Gasteiger charge is 2.44. The van der Waals surface area contributed by atoms with Gasteiger partial charge in [0, 0.05) is 41.0 Å². The van der Waals surface area contributed by atoms with Gasteiger partial charge in [-0.2, -0.15) is 13.2 Å². The molecular formula is C16H17F3N2O. The van der Waals surface area contributed by atoms with Crippen molar-refractivity contribution in [3.05, 3.63) is 36.0 Å². The molecule has 0 spiro atoms. The molecule has 0 aliphatic carbocycles. The Hall–Kier alpha value is -1.82. The van der Waals surface area contributed by atoms with Crippen LogP contribution >= 0.6 is 0 Å². The van der Waals surface area contributed by atoms with Gasteiger partial charge in [0.1, 0.15) is 0 Å². The molecule has 6 heteroatoms. The van der Waals surface area contributed by atoms with Crippen LogP contribution in [0.4, 0.5) is 13.2 Å². The van der Waals surface area contributed by atoms with Gasteiger partial charge in [0.25, 0.3) is 0 Å². The number of benzene rings is 1. The zero-order chi connectivity index (χ0) is 15.8. The van der Waals surface area contributed by atoms with Gasteiger partial charge in [-0.25, -0.2) is 0 Å². The number of ketones is 1. The van der Waals surface area contributed by atoms with E-state index in [2.05, 4.69) is 10.3 Å². The average Bonchev–Trinajstić information content (AvgIpc) is 3.12. The summed E-state index contributed by atoms with van der Waals surface area (Å²) in [6.45, 7) is 0.892. The van der Waals surface area contributed by atoms with Crippen LogP contribution < -0.4 is 5.32 Å². The van der Waals surface area contributed by atoms with E-state index in [4.69, 9.17) is 0 Å². The lowest BCUT2D eigenvalue weighted by Crippen LogP contribution is -2.35. The molecule has 1 aliphatic rings. The molecule has 1 aliphatic heterocycles. The fourth-order valence-electron chi connectivity index (χ4n) is 3.15. The third-order valence-electron chi connectivity index (χ3n) is 4.43. The van der Waals surface area contributed by atoms with E-state index < -0.39 is 18.0 Å². The van der Waals surface area contributed by atoms with Crippen molar-refractivity contribution < 1.29 is 18.0 Å². The monoisotopic (exact) mass is 310 g/mol. The summed E-state index contributed by atoms with van der Waals surface area (Å²) >= 11 is 0. The van der Waals surface area contributed by atoms with Gasteiger partial charge in [0.05, 0.1) is 0 Å². The average molecular weight is 310 g/mol. The van der Waals surface area contributed by atoms with Crippen LogP contribution in [0.15, 0.2) is 30.5 Å². The van der Waals surface area contributed by atoms with E-state index in [0.717, 1.165) is 10.9 Å². The predicted octanol–water partition coefficient (Wildman–Crippen LogP) is 3.67. The molecule has 2 heterocycles. The molecule has 1 atom stereocenters. The van der Waals surface area contributed by atoms with Crippen LogP contribution in [0.5, 0.6) is 0 Å². The number of Topliss-reactive ketones (excluding diaryl/α,β-unsaturated/α-hetero) is 1. The lowest BCUT2D eigenvalue weighted by molar-refractivity contribution is -0.139. The summed E-state index contributed by atoms with van der Waals surface area (Å²) in [5.74, 6) is -0.190. The van der Waals surface area contributed by atoms with Gasteiger partial charge in [-0.05, 0) is 43.7 Å². The predicted molar refractivity (Wildman–Crippen MR) is 77.8 cm³/mol. The van der Waals surface area contributed by atoms with Gasteiger partial charge in [-0.15, -0.1) is 0 Å². The Morgan fingerprint density at radius 3 is 2.77 bits per heavy atom. The van der Waals surface area contributed by atoms with Crippen LogP contribution in [-0.4, -0.2) is 30.0 Å². The minimum atomic E-state index is -4.24. The van der Waals surface area contributed by atoms with E-state index in [1.807, 2.05) is 6.07 Å². The molecule has 2 N–H and O–H groups in total. The lowest BCUT2D eigenvalue weighted by Gasteiger charge is -2.27. The highest BCUT2D eigenvalue weighted by atomic mass is 19.4. The number of rotatable bonds is 4. The first-order chi connectivity index (χ1) is 10.4. The number of nitrogens with one attached hydrogen (secondary N) is 2. The molecule has 0 amide bonds. The molecule has 22 heavy (non-hydrogen) atoms. The topological polar surface area (TPSA) is 44.9 Å². The highest BCUT2D eigenvalue weighted by molar-refractivity contribution is 6.03. The molecule has 1 saturated heterocycles. The van der Waals surface area contributed by atoms with E-state index in [9.17, 15) is 18.0 Å². The Kier molecular flexibility index (Phi) is 3.72. The standard InChI is InChI=1S/C16H17F3N2O/c17-16(18,19)5-4-15(6-8-20-10-15)14(22)12-1-2-13-11(9-12)3-7-21-13/h1-3,7,9,20-21H,4-6,8,10H2. The summed E-state index contributed by atoms with van der Waals surface area (Å²) in [6.07, 6.45) is -3.09. The molecule has 0 radical (unpaired) electrons. The molecule has 3 nitrogen and oxygen atoms in total. The van der Waals surface area contributed by atoms with Gasteiger partial charge in [0.2, 0.25) is 0 Å². The number of carbonyl (C=O) groups is 1. The van der Waals surface area contributed by atoms with Gasteiger partial charge in [-0.1, -0.05) is 0 Å². The van der Waals surface area contributed by atoms with Crippen LogP contribution in [0.1, 0.15) is 29.6 Å². The van der Waals surface area contributed by atoms with Crippen LogP contribution in [0.25, 0.3) is 10.9 Å². The maximum Gasteiger partial charge on any atom is 0.389 e. The number of carbonyl (C=O) groups excluding carboxylic acids is 1. The summed E-state index contributed by atoms with van der Waals surface area (Å²) < 4.78 is 37.7. The van der Waals surface area contributed by atoms with Crippen LogP contribution in [-0.2, 0) is 0 Å². The number of alkyl halides is 3. The number of hydrogen-bond donors (Lipinski definition) is 2. The maximum absolute atomic E-state index is 12.8. The number of aromatic nitrogens is 1. The first-order valence-electron chi connectivity index (χ1n) is 7.29. The Balaban J connectivity index is 1.88. The van der Waals surface area contributed by atoms with Crippen molar-refractivity contribution in [1.29, 1.82) is 0 Å². The van der Waals surface area contributed by atoms with Crippen LogP contribution in [0.2, 0.25) is 0 Å². The van der Waals surface area contributed by atoms with Crippen molar-refractivity contribution in [1.82, 2.24) is 10.3 Å². The molecular weight excluding hydrogens is 293 g/mol. The molecule has 2 aromatic rings. The molecule has 1 fully saturated rings. The van der Waals surface area contributed by atoms with Gasteiger partial charge < -0.3 is 10.3 Å². The summed E-state index contributed by atoms with van der Waals surface area (Å²) in [7, 11) is 0. The van der Waals surface area contributed by atoms with Crippen LogP contribution in [0, 0.1) is 5.41 Å². The Bertz CT molecular complexity index is 684. The Labute approximate surface area is 125 Å². The fourth-order valence-corrected chi connectivity index (χ4v) is 3.15. The number of hydrogen-bond acceptors (Lipinski definition) is 2. The lowest BCUT2D eigenvalue weighted by atomic mass is 9.75. The molecule has 1 aromatic carbocycles. The normalized spacial score (nSPS) is 22.3. The van der Waals surface area contributed by atoms with Gasteiger partial charge in [0.15, 0.2) is 5.78 Å². The van der Waals surface area contributed by atoms with Gasteiger partial charge >= 0.3 is 6.18 Å². The summed E-state index contributed by atoms with van der Waals surface area (Å²) in [4.78, 5) is 15.9. The van der Waals surface area contributed by atoms with Crippen molar-refractivity contribution in [2.24, 2.45) is 5.41 Å². The largest absolute Gasteiger partial charge is 0.389 e. The van der Waals surface area contributed by atoms with E-state index >= 15 is 0 Å². The minimum absolute atomic E-state index is 0.159. The smallest absolute Gasteiger partial charge is 0.361 e. The quantitative estimate of drug-likeness (QED) is 0.846. The zero-order valence-electron chi connectivity index (χ0n) is 12.0. The molecule has 1 aromatic heterocycles. The molecule has 0 saturated carbocycles. The molecule has 118 valence electrons. The number of H-pyrrole nitrogens is 1. The SMILES string of the molecule is O=C(c1ccc2[nH]ccc2c1)C1(CCC(F)(F)F)CCNC1. The van der Waals surface area contributed by atoms with Gasteiger partial charge in [-0.3, -0.25) is 4.79 Å². The molecule has 3 rings (SSSR count). The molecule has 0 bridgehead atoms. The third kappa shape index (κ3) is 2.88. The van der Waals surface area contributed by atoms with Crippen molar-refractivity contribution >= 4 is 16.7 Å². The third-order valence-corrected chi connectivity index (χ3v) is 4.43. The Morgan fingerprint density at radius 2 is 2.09 bits per heavy atom. The summed E-state index contributed by atoms with van der Waals surface area (Å²) in [6, 6.07) is 7.08. The first-order valence-corrected chi connectivity index (χ1v) is 7.29. The minimum Gasteiger partial charge on any atom is -0.361 e. The van der Waals surface area contributed by atoms with Crippen molar-refractivity contribution in [3.63, 3.8) is 0 Å². The second kappa shape index (κ2) is 5.43. The van der Waals surface area contributed by atoms with E-state index in [0.29, 0.717) is 25.1 Å². The molecule has 1 unspecified atom stereocenters. The van der Waals surface area contributed by atoms with Crippen molar-refractivity contribution in [2.45, 2.75) is 25.4 Å². The van der Waals surface area contributed by atoms with E-state index in [-0.39, 0.29) is 12.2 Å². The second-order valence-corrected chi connectivity index (χ2v) is 5.93. The van der Waals surface area contributed by atoms with Crippen LogP contribution in [0.3, 0.4) is 0 Å². The number of aromatic amines is 1. The number of fused-ring (bicyclic) bond motifs is 1.